The Morgan fingerprint density at radius 3 is 2.47 bits per heavy atom. The fourth-order valence-corrected chi connectivity index (χ4v) is 1.51. The number of rotatable bonds is 7. The van der Waals surface area contributed by atoms with E-state index in [1.54, 1.807) is 0 Å². The van der Waals surface area contributed by atoms with Gasteiger partial charge in [-0.1, -0.05) is 26.0 Å². The molecule has 0 aliphatic heterocycles. The van der Waals surface area contributed by atoms with Crippen molar-refractivity contribution >= 4 is 5.91 Å². The van der Waals surface area contributed by atoms with Crippen molar-refractivity contribution in [3.63, 3.8) is 0 Å². The van der Waals surface area contributed by atoms with Crippen LogP contribution in [-0.4, -0.2) is 18.6 Å². The predicted molar refractivity (Wildman–Crippen MR) is 76.9 cm³/mol. The van der Waals surface area contributed by atoms with Crippen LogP contribution in [-0.2, 0) is 11.3 Å². The molecule has 4 heteroatoms. The minimum atomic E-state index is -0.174. The summed E-state index contributed by atoms with van der Waals surface area (Å²) in [6.45, 7) is 6.99. The van der Waals surface area contributed by atoms with E-state index in [-0.39, 0.29) is 17.9 Å². The molecule has 0 bridgehead atoms. The highest BCUT2D eigenvalue weighted by molar-refractivity contribution is 5.78. The number of benzene rings is 1. The van der Waals surface area contributed by atoms with Crippen LogP contribution in [0, 0.1) is 5.92 Å². The van der Waals surface area contributed by atoms with Crippen molar-refractivity contribution in [2.45, 2.75) is 39.8 Å². The first kappa shape index (κ1) is 15.5. The fraction of sp³-hybridized carbons (Fsp3) is 0.533. The average molecular weight is 264 g/mol. The lowest BCUT2D eigenvalue weighted by molar-refractivity contribution is -0.125. The Kier molecular flexibility index (Phi) is 6.36. The monoisotopic (exact) mass is 264 g/mol. The number of hydrogen-bond donors (Lipinski definition) is 2. The molecule has 0 spiro atoms. The molecule has 1 rings (SSSR count). The summed E-state index contributed by atoms with van der Waals surface area (Å²) in [7, 11) is 0. The van der Waals surface area contributed by atoms with Crippen LogP contribution in [0.4, 0.5) is 0 Å². The van der Waals surface area contributed by atoms with E-state index in [0.717, 1.165) is 24.3 Å². The molecule has 0 aliphatic rings. The van der Waals surface area contributed by atoms with Gasteiger partial charge in [-0.2, -0.15) is 0 Å². The van der Waals surface area contributed by atoms with Gasteiger partial charge in [-0.25, -0.2) is 0 Å². The van der Waals surface area contributed by atoms with Crippen LogP contribution < -0.4 is 15.8 Å². The minimum Gasteiger partial charge on any atom is -0.494 e. The molecule has 0 heterocycles. The fourth-order valence-electron chi connectivity index (χ4n) is 1.51. The molecule has 1 aromatic carbocycles. The molecule has 2 atom stereocenters. The molecule has 1 aromatic rings. The van der Waals surface area contributed by atoms with E-state index in [2.05, 4.69) is 12.2 Å². The number of amides is 1. The molecule has 1 amide bonds. The molecule has 0 aromatic heterocycles. The van der Waals surface area contributed by atoms with E-state index in [0.29, 0.717) is 6.54 Å². The average Bonchev–Trinajstić information content (AvgIpc) is 2.42. The zero-order valence-electron chi connectivity index (χ0n) is 12.0. The lowest BCUT2D eigenvalue weighted by Crippen LogP contribution is -2.38. The van der Waals surface area contributed by atoms with Gasteiger partial charge in [0.25, 0.3) is 0 Å². The zero-order valence-corrected chi connectivity index (χ0v) is 12.0. The molecule has 19 heavy (non-hydrogen) atoms. The Morgan fingerprint density at radius 1 is 1.32 bits per heavy atom. The SMILES string of the molecule is CCCOc1ccc(CNC(=O)C(C)C(C)N)cc1. The molecule has 0 aliphatic carbocycles. The molecular weight excluding hydrogens is 240 g/mol. The Hall–Kier alpha value is -1.55. The van der Waals surface area contributed by atoms with Crippen molar-refractivity contribution in [1.82, 2.24) is 5.32 Å². The topological polar surface area (TPSA) is 64.3 Å². The van der Waals surface area contributed by atoms with Crippen molar-refractivity contribution in [2.24, 2.45) is 11.7 Å². The van der Waals surface area contributed by atoms with E-state index < -0.39 is 0 Å². The van der Waals surface area contributed by atoms with Gasteiger partial charge in [-0.3, -0.25) is 4.79 Å². The molecule has 0 saturated heterocycles. The largest absolute Gasteiger partial charge is 0.494 e. The van der Waals surface area contributed by atoms with Crippen molar-refractivity contribution < 1.29 is 9.53 Å². The second-order valence-corrected chi connectivity index (χ2v) is 4.86. The Labute approximate surface area is 115 Å². The van der Waals surface area contributed by atoms with Crippen LogP contribution in [0.3, 0.4) is 0 Å². The third kappa shape index (κ3) is 5.30. The third-order valence-electron chi connectivity index (χ3n) is 3.07. The maximum atomic E-state index is 11.8. The molecule has 0 saturated carbocycles. The van der Waals surface area contributed by atoms with Gasteiger partial charge in [0.2, 0.25) is 5.91 Å². The second-order valence-electron chi connectivity index (χ2n) is 4.86. The van der Waals surface area contributed by atoms with Gasteiger partial charge in [0.1, 0.15) is 5.75 Å². The van der Waals surface area contributed by atoms with Crippen LogP contribution in [0.2, 0.25) is 0 Å². The number of carbonyl (C=O) groups excluding carboxylic acids is 1. The Morgan fingerprint density at radius 2 is 1.95 bits per heavy atom. The summed E-state index contributed by atoms with van der Waals surface area (Å²) in [5, 5.41) is 2.88. The quantitative estimate of drug-likeness (QED) is 0.792. The van der Waals surface area contributed by atoms with E-state index in [9.17, 15) is 4.79 Å². The third-order valence-corrected chi connectivity index (χ3v) is 3.07. The molecule has 4 nitrogen and oxygen atoms in total. The van der Waals surface area contributed by atoms with E-state index in [1.807, 2.05) is 38.1 Å². The number of ether oxygens (including phenoxy) is 1. The predicted octanol–water partition coefficient (Wildman–Crippen LogP) is 2.07. The lowest BCUT2D eigenvalue weighted by Gasteiger charge is -2.15. The molecule has 2 unspecified atom stereocenters. The van der Waals surface area contributed by atoms with Gasteiger partial charge in [-0.05, 0) is 31.0 Å². The molecule has 3 N–H and O–H groups in total. The summed E-state index contributed by atoms with van der Waals surface area (Å²) in [5.74, 6) is 0.675. The summed E-state index contributed by atoms with van der Waals surface area (Å²) >= 11 is 0. The van der Waals surface area contributed by atoms with Gasteiger partial charge in [0, 0.05) is 18.5 Å². The second kappa shape index (κ2) is 7.79. The Bertz CT molecular complexity index is 388. The maximum Gasteiger partial charge on any atom is 0.224 e. The highest BCUT2D eigenvalue weighted by Crippen LogP contribution is 2.12. The van der Waals surface area contributed by atoms with E-state index in [4.69, 9.17) is 10.5 Å². The maximum absolute atomic E-state index is 11.8. The van der Waals surface area contributed by atoms with Crippen molar-refractivity contribution in [2.75, 3.05) is 6.61 Å². The summed E-state index contributed by atoms with van der Waals surface area (Å²) in [6, 6.07) is 7.63. The van der Waals surface area contributed by atoms with Gasteiger partial charge < -0.3 is 15.8 Å². The number of nitrogens with one attached hydrogen (secondary N) is 1. The first-order chi connectivity index (χ1) is 9.04. The van der Waals surface area contributed by atoms with Gasteiger partial charge in [0.05, 0.1) is 6.61 Å². The first-order valence-corrected chi connectivity index (χ1v) is 6.79. The standard InChI is InChI=1S/C15H24N2O2/c1-4-9-19-14-7-5-13(6-8-14)10-17-15(18)11(2)12(3)16/h5-8,11-12H,4,9-10,16H2,1-3H3,(H,17,18). The highest BCUT2D eigenvalue weighted by Gasteiger charge is 2.16. The van der Waals surface area contributed by atoms with Gasteiger partial charge in [-0.15, -0.1) is 0 Å². The zero-order chi connectivity index (χ0) is 14.3. The van der Waals surface area contributed by atoms with E-state index >= 15 is 0 Å². The summed E-state index contributed by atoms with van der Waals surface area (Å²) in [4.78, 5) is 11.8. The van der Waals surface area contributed by atoms with E-state index in [1.165, 1.54) is 0 Å². The molecular formula is C15H24N2O2. The van der Waals surface area contributed by atoms with Crippen LogP contribution >= 0.6 is 0 Å². The van der Waals surface area contributed by atoms with Crippen molar-refractivity contribution in [3.8, 4) is 5.75 Å². The lowest BCUT2D eigenvalue weighted by atomic mass is 10.0. The van der Waals surface area contributed by atoms with Crippen LogP contribution in [0.15, 0.2) is 24.3 Å². The van der Waals surface area contributed by atoms with Gasteiger partial charge in [0.15, 0.2) is 0 Å². The van der Waals surface area contributed by atoms with Crippen LogP contribution in [0.5, 0.6) is 5.75 Å². The first-order valence-electron chi connectivity index (χ1n) is 6.79. The Balaban J connectivity index is 2.43. The molecule has 106 valence electrons. The highest BCUT2D eigenvalue weighted by atomic mass is 16.5. The van der Waals surface area contributed by atoms with Gasteiger partial charge >= 0.3 is 0 Å². The normalized spacial score (nSPS) is 13.7. The number of carbonyl (C=O) groups is 1. The number of nitrogens with two attached hydrogens (primary N) is 1. The number of hydrogen-bond acceptors (Lipinski definition) is 3. The van der Waals surface area contributed by atoms with Crippen LogP contribution in [0.25, 0.3) is 0 Å². The molecule has 0 radical (unpaired) electrons. The minimum absolute atomic E-state index is 0.0127. The molecule has 0 fully saturated rings. The van der Waals surface area contributed by atoms with Crippen molar-refractivity contribution in [3.05, 3.63) is 29.8 Å². The van der Waals surface area contributed by atoms with Crippen molar-refractivity contribution in [1.29, 1.82) is 0 Å². The summed E-state index contributed by atoms with van der Waals surface area (Å²) in [5.41, 5.74) is 6.74. The summed E-state index contributed by atoms with van der Waals surface area (Å²) < 4.78 is 5.50. The summed E-state index contributed by atoms with van der Waals surface area (Å²) in [6.07, 6.45) is 0.993. The van der Waals surface area contributed by atoms with Crippen LogP contribution in [0.1, 0.15) is 32.8 Å². The smallest absolute Gasteiger partial charge is 0.224 e.